The highest BCUT2D eigenvalue weighted by Crippen LogP contribution is 2.43. The predicted molar refractivity (Wildman–Crippen MR) is 233 cm³/mol. The molecule has 0 spiro atoms. The zero-order valence-corrected chi connectivity index (χ0v) is 35.7. The van der Waals surface area contributed by atoms with E-state index in [9.17, 15) is 19.7 Å². The number of hydrogen-bond acceptors (Lipinski definition) is 14. The maximum atomic E-state index is 11.8. The van der Waals surface area contributed by atoms with E-state index in [1.807, 2.05) is 4.90 Å². The van der Waals surface area contributed by atoms with Gasteiger partial charge >= 0.3 is 11.9 Å². The highest BCUT2D eigenvalue weighted by Gasteiger charge is 2.19. The van der Waals surface area contributed by atoms with Gasteiger partial charge in [0.15, 0.2) is 5.69 Å². The number of nitrogens with zero attached hydrogens (tertiary/aromatic N) is 6. The summed E-state index contributed by atoms with van der Waals surface area (Å²) in [7, 11) is 1.52. The lowest BCUT2D eigenvalue weighted by atomic mass is 10.0. The normalized spacial score (nSPS) is 12.2. The summed E-state index contributed by atoms with van der Waals surface area (Å²) in [4.78, 5) is 36.6. The molecule has 0 aliphatic heterocycles. The molecule has 3 aromatic carbocycles. The van der Waals surface area contributed by atoms with E-state index in [2.05, 4.69) is 61.3 Å². The molecule has 2 unspecified atom stereocenters. The van der Waals surface area contributed by atoms with E-state index in [1.165, 1.54) is 19.2 Å². The van der Waals surface area contributed by atoms with Crippen molar-refractivity contribution >= 4 is 46.1 Å². The maximum absolute atomic E-state index is 11.8. The number of rotatable bonds is 29. The standard InChI is InChI=1S/C45H60N6O9/c1-8-14-18-33(10-3)31-59-42-30-39(43(60-32-34(11-4)19-15-9-2)29-38(42)48-46-36-20-16-17-21-40(36)51(54)55)49-47-37-23-22-35(28-41(37)56-7)50(24-26-57-44(52)12-5)25-27-58-45(53)13-6/h12-13,16-17,20-23,28-30,33-34H,5-6,8-11,14-15,18-19,24-27,31-32H2,1-4,7H3. The molecule has 15 heteroatoms. The molecule has 0 heterocycles. The number of unbranched alkanes of at least 4 members (excludes halogenated alkanes) is 2. The van der Waals surface area contributed by atoms with Crippen molar-refractivity contribution in [1.82, 2.24) is 0 Å². The second-order valence-corrected chi connectivity index (χ2v) is 14.0. The van der Waals surface area contributed by atoms with E-state index in [4.69, 9.17) is 23.7 Å². The molecule has 0 saturated carbocycles. The zero-order valence-electron chi connectivity index (χ0n) is 35.7. The summed E-state index contributed by atoms with van der Waals surface area (Å²) < 4.78 is 29.1. The second-order valence-electron chi connectivity index (χ2n) is 14.0. The fraction of sp³-hybridized carbons (Fsp3) is 0.467. The van der Waals surface area contributed by atoms with Crippen molar-refractivity contribution < 1.29 is 38.2 Å². The fourth-order valence-electron chi connectivity index (χ4n) is 6.00. The van der Waals surface area contributed by atoms with Crippen LogP contribution in [0.5, 0.6) is 17.2 Å². The van der Waals surface area contributed by atoms with Crippen molar-refractivity contribution in [1.29, 1.82) is 0 Å². The molecular weight excluding hydrogens is 769 g/mol. The monoisotopic (exact) mass is 828 g/mol. The van der Waals surface area contributed by atoms with E-state index in [0.717, 1.165) is 63.5 Å². The van der Waals surface area contributed by atoms with Crippen LogP contribution >= 0.6 is 0 Å². The SMILES string of the molecule is C=CC(=O)OCCN(CCOC(=O)C=C)c1ccc(N=Nc2cc(OCC(CC)CCCC)c(N=Nc3ccccc3[N+](=O)[O-])cc2OCC(CC)CCCC)c(OC)c1. The van der Waals surface area contributed by atoms with Crippen LogP contribution in [0.4, 0.5) is 34.1 Å². The van der Waals surface area contributed by atoms with Gasteiger partial charge in [0.2, 0.25) is 0 Å². The lowest BCUT2D eigenvalue weighted by Crippen LogP contribution is -2.32. The number of hydrogen-bond donors (Lipinski definition) is 0. The van der Waals surface area contributed by atoms with Gasteiger partial charge in [-0.3, -0.25) is 10.1 Å². The molecule has 0 aliphatic carbocycles. The number of benzene rings is 3. The first-order valence-corrected chi connectivity index (χ1v) is 20.6. The minimum atomic E-state index is -0.553. The fourth-order valence-corrected chi connectivity index (χ4v) is 6.00. The van der Waals surface area contributed by atoms with Crippen molar-refractivity contribution in [3.8, 4) is 17.2 Å². The molecule has 324 valence electrons. The molecule has 15 nitrogen and oxygen atoms in total. The van der Waals surface area contributed by atoms with Crippen LogP contribution < -0.4 is 19.1 Å². The largest absolute Gasteiger partial charge is 0.494 e. The van der Waals surface area contributed by atoms with Gasteiger partial charge in [0, 0.05) is 42.1 Å². The zero-order chi connectivity index (χ0) is 43.7. The third kappa shape index (κ3) is 15.9. The van der Waals surface area contributed by atoms with Crippen LogP contribution in [0.1, 0.15) is 79.1 Å². The van der Waals surface area contributed by atoms with E-state index in [0.29, 0.717) is 65.0 Å². The molecule has 0 N–H and O–H groups in total. The summed E-state index contributed by atoms with van der Waals surface area (Å²) >= 11 is 0. The van der Waals surface area contributed by atoms with Crippen LogP contribution in [0.25, 0.3) is 0 Å². The highest BCUT2D eigenvalue weighted by molar-refractivity contribution is 5.81. The van der Waals surface area contributed by atoms with Gasteiger partial charge in [-0.1, -0.05) is 91.5 Å². The van der Waals surface area contributed by atoms with Gasteiger partial charge in [-0.2, -0.15) is 0 Å². The Bertz CT molecular complexity index is 1890. The lowest BCUT2D eigenvalue weighted by molar-refractivity contribution is -0.384. The summed E-state index contributed by atoms with van der Waals surface area (Å²) in [6.45, 7) is 17.0. The Morgan fingerprint density at radius 2 is 1.22 bits per heavy atom. The Hall–Kier alpha value is -6.12. The van der Waals surface area contributed by atoms with Crippen molar-refractivity contribution in [3.63, 3.8) is 0 Å². The number of nitro benzene ring substituents is 1. The topological polar surface area (TPSA) is 176 Å². The Labute approximate surface area is 353 Å². The first kappa shape index (κ1) is 48.3. The molecule has 0 amide bonds. The smallest absolute Gasteiger partial charge is 0.330 e. The average Bonchev–Trinajstić information content (AvgIpc) is 3.27. The third-order valence-corrected chi connectivity index (χ3v) is 9.76. The number of nitro groups is 1. The van der Waals surface area contributed by atoms with Gasteiger partial charge in [-0.05, 0) is 42.9 Å². The molecule has 0 fully saturated rings. The Balaban J connectivity index is 2.11. The van der Waals surface area contributed by atoms with Crippen LogP contribution in [-0.4, -0.2) is 63.5 Å². The summed E-state index contributed by atoms with van der Waals surface area (Å²) in [6, 6.07) is 14.9. The van der Waals surface area contributed by atoms with Crippen LogP contribution in [-0.2, 0) is 19.1 Å². The molecule has 0 bridgehead atoms. The predicted octanol–water partition coefficient (Wildman–Crippen LogP) is 11.9. The summed E-state index contributed by atoms with van der Waals surface area (Å²) in [5, 5.41) is 29.8. The molecule has 0 saturated heterocycles. The average molecular weight is 829 g/mol. The highest BCUT2D eigenvalue weighted by atomic mass is 16.6. The maximum Gasteiger partial charge on any atom is 0.330 e. The third-order valence-electron chi connectivity index (χ3n) is 9.76. The van der Waals surface area contributed by atoms with Crippen molar-refractivity contribution in [2.75, 3.05) is 51.5 Å². The number of carbonyl (C=O) groups excluding carboxylic acids is 2. The van der Waals surface area contributed by atoms with Gasteiger partial charge in [0.25, 0.3) is 5.69 Å². The van der Waals surface area contributed by atoms with Gasteiger partial charge in [-0.15, -0.1) is 20.5 Å². The first-order valence-electron chi connectivity index (χ1n) is 20.6. The van der Waals surface area contributed by atoms with Crippen LogP contribution in [0, 0.1) is 22.0 Å². The van der Waals surface area contributed by atoms with Gasteiger partial charge < -0.3 is 28.6 Å². The molecule has 3 rings (SSSR count). The van der Waals surface area contributed by atoms with Crippen molar-refractivity contribution in [2.45, 2.75) is 79.1 Å². The van der Waals surface area contributed by atoms with Crippen LogP contribution in [0.3, 0.4) is 0 Å². The van der Waals surface area contributed by atoms with Crippen molar-refractivity contribution in [3.05, 3.63) is 90.0 Å². The molecule has 0 aliphatic rings. The number of anilines is 1. The second kappa shape index (κ2) is 26.8. The molecular formula is C45H60N6O9. The summed E-state index contributed by atoms with van der Waals surface area (Å²) in [6.07, 6.45) is 10.3. The van der Waals surface area contributed by atoms with E-state index >= 15 is 0 Å². The number of esters is 2. The minimum Gasteiger partial charge on any atom is -0.494 e. The van der Waals surface area contributed by atoms with Gasteiger partial charge in [0.1, 0.15) is 47.5 Å². The Kier molecular flexibility index (Phi) is 21.5. The lowest BCUT2D eigenvalue weighted by Gasteiger charge is -2.25. The molecule has 0 radical (unpaired) electrons. The quantitative estimate of drug-likeness (QED) is 0.0215. The van der Waals surface area contributed by atoms with Crippen molar-refractivity contribution in [2.24, 2.45) is 32.3 Å². The molecule has 3 aromatic rings. The Morgan fingerprint density at radius 1 is 0.717 bits per heavy atom. The first-order chi connectivity index (χ1) is 29.1. The Morgan fingerprint density at radius 3 is 1.68 bits per heavy atom. The summed E-state index contributed by atoms with van der Waals surface area (Å²) in [5.41, 5.74) is 1.73. The van der Waals surface area contributed by atoms with E-state index in [1.54, 1.807) is 42.5 Å². The van der Waals surface area contributed by atoms with Crippen LogP contribution in [0.2, 0.25) is 0 Å². The molecule has 60 heavy (non-hydrogen) atoms. The number of azo groups is 2. The number of ether oxygens (including phenoxy) is 5. The minimum absolute atomic E-state index is 0.0595. The molecule has 0 aromatic heterocycles. The summed E-state index contributed by atoms with van der Waals surface area (Å²) in [5.74, 6) is 0.640. The van der Waals surface area contributed by atoms with E-state index in [-0.39, 0.29) is 37.7 Å². The number of para-hydroxylation sites is 1. The van der Waals surface area contributed by atoms with E-state index < -0.39 is 16.9 Å². The number of methoxy groups -OCH3 is 1. The molecule has 2 atom stereocenters. The van der Waals surface area contributed by atoms with Crippen LogP contribution in [0.15, 0.2) is 100 Å². The van der Waals surface area contributed by atoms with Gasteiger partial charge in [0.05, 0.1) is 38.3 Å². The van der Waals surface area contributed by atoms with Gasteiger partial charge in [-0.25, -0.2) is 9.59 Å². The number of carbonyl (C=O) groups is 2.